The zero-order chi connectivity index (χ0) is 15.8. The van der Waals surface area contributed by atoms with E-state index in [0.29, 0.717) is 17.2 Å². The van der Waals surface area contributed by atoms with Crippen molar-refractivity contribution >= 4 is 23.3 Å². The molecule has 1 amide bonds. The summed E-state index contributed by atoms with van der Waals surface area (Å²) in [5.41, 5.74) is 8.96. The van der Waals surface area contributed by atoms with E-state index in [4.69, 9.17) is 10.5 Å². The monoisotopic (exact) mass is 306 g/mol. The summed E-state index contributed by atoms with van der Waals surface area (Å²) in [6.45, 7) is 0. The number of nitrogens with one attached hydrogen (secondary N) is 1. The van der Waals surface area contributed by atoms with Crippen LogP contribution >= 0.6 is 0 Å². The molecule has 1 fully saturated rings. The minimum Gasteiger partial charge on any atom is -0.446 e. The quantitative estimate of drug-likeness (QED) is 0.915. The van der Waals surface area contributed by atoms with Crippen LogP contribution in [-0.2, 0) is 9.53 Å². The molecule has 2 aliphatic rings. The zero-order valence-electron chi connectivity index (χ0n) is 12.5. The van der Waals surface area contributed by atoms with Gasteiger partial charge in [-0.3, -0.25) is 4.79 Å². The number of anilines is 1. The van der Waals surface area contributed by atoms with Gasteiger partial charge in [0, 0.05) is 11.3 Å². The van der Waals surface area contributed by atoms with Gasteiger partial charge >= 0.3 is 0 Å². The number of ether oxygens (including phenoxy) is 1. The summed E-state index contributed by atoms with van der Waals surface area (Å²) in [6.07, 6.45) is 1.64. The van der Waals surface area contributed by atoms with Gasteiger partial charge in [0.25, 0.3) is 11.9 Å². The Morgan fingerprint density at radius 3 is 3.00 bits per heavy atom. The minimum atomic E-state index is -0.853. The van der Waals surface area contributed by atoms with Crippen molar-refractivity contribution in [3.63, 3.8) is 0 Å². The molecule has 0 bridgehead atoms. The maximum Gasteiger partial charge on any atom is 0.295 e. The lowest BCUT2D eigenvalue weighted by molar-refractivity contribution is -0.125. The van der Waals surface area contributed by atoms with Gasteiger partial charge in [0.1, 0.15) is 0 Å². The normalized spacial score (nSPS) is 19.3. The SMILES string of the molecule is NC(=O)C1OC(Nc2cccc(C3CC3)c2)=Nc2cc[c]cc21. The Morgan fingerprint density at radius 2 is 2.22 bits per heavy atom. The smallest absolute Gasteiger partial charge is 0.295 e. The molecule has 2 aromatic rings. The summed E-state index contributed by atoms with van der Waals surface area (Å²) >= 11 is 0. The van der Waals surface area contributed by atoms with E-state index in [9.17, 15) is 4.79 Å². The summed E-state index contributed by atoms with van der Waals surface area (Å²) in [5.74, 6) is 0.118. The number of fused-ring (bicyclic) bond motifs is 1. The molecule has 0 saturated heterocycles. The number of amidine groups is 1. The Morgan fingerprint density at radius 1 is 1.35 bits per heavy atom. The molecule has 3 N–H and O–H groups in total. The second kappa shape index (κ2) is 5.43. The summed E-state index contributed by atoms with van der Waals surface area (Å²) in [7, 11) is 0. The molecule has 4 rings (SSSR count). The molecule has 23 heavy (non-hydrogen) atoms. The van der Waals surface area contributed by atoms with Crippen LogP contribution in [0.5, 0.6) is 0 Å². The Hall–Kier alpha value is -2.82. The average Bonchev–Trinajstić information content (AvgIpc) is 3.39. The number of primary amides is 1. The minimum absolute atomic E-state index is 0.278. The van der Waals surface area contributed by atoms with E-state index < -0.39 is 12.0 Å². The standard InChI is InChI=1S/C18H16N3O2/c19-17(22)16-14-6-1-2-7-15(14)21-18(23-16)20-13-5-3-4-12(10-13)11-8-9-11/h2-7,10-11,16H,8-9H2,(H2,19,22)(H,20,21). The number of aliphatic imine (C=N–C) groups is 1. The molecule has 1 aliphatic heterocycles. The van der Waals surface area contributed by atoms with E-state index >= 15 is 0 Å². The number of carbonyl (C=O) groups excluding carboxylic acids is 1. The third-order valence-electron chi connectivity index (χ3n) is 4.05. The Bertz CT molecular complexity index is 796. The first kappa shape index (κ1) is 13.8. The molecule has 0 aromatic heterocycles. The lowest BCUT2D eigenvalue weighted by Gasteiger charge is -2.24. The van der Waals surface area contributed by atoms with E-state index in [1.807, 2.05) is 12.1 Å². The number of nitrogens with zero attached hydrogens (tertiary/aromatic N) is 1. The van der Waals surface area contributed by atoms with Crippen LogP contribution in [0.2, 0.25) is 0 Å². The molecule has 5 nitrogen and oxygen atoms in total. The van der Waals surface area contributed by atoms with Crippen molar-refractivity contribution in [2.45, 2.75) is 24.9 Å². The Kier molecular flexibility index (Phi) is 3.26. The largest absolute Gasteiger partial charge is 0.446 e. The second-order valence-electron chi connectivity index (χ2n) is 5.83. The Labute approximate surface area is 134 Å². The summed E-state index contributed by atoms with van der Waals surface area (Å²) in [4.78, 5) is 16.1. The molecular formula is C18H16N3O2. The van der Waals surface area contributed by atoms with Gasteiger partial charge in [-0.25, -0.2) is 0 Å². The van der Waals surface area contributed by atoms with Gasteiger partial charge in [-0.1, -0.05) is 18.2 Å². The summed E-state index contributed by atoms with van der Waals surface area (Å²) in [6, 6.07) is 16.6. The molecule has 1 radical (unpaired) electrons. The highest BCUT2D eigenvalue weighted by Crippen LogP contribution is 2.40. The van der Waals surface area contributed by atoms with Gasteiger partial charge in [-0.15, -0.1) is 0 Å². The van der Waals surface area contributed by atoms with Gasteiger partial charge < -0.3 is 15.8 Å². The van der Waals surface area contributed by atoms with E-state index in [0.717, 1.165) is 5.69 Å². The molecule has 1 heterocycles. The number of rotatable bonds is 3. The van der Waals surface area contributed by atoms with Crippen molar-refractivity contribution in [3.8, 4) is 0 Å². The highest BCUT2D eigenvalue weighted by Gasteiger charge is 2.29. The fraction of sp³-hybridized carbons (Fsp3) is 0.222. The van der Waals surface area contributed by atoms with Crippen molar-refractivity contribution in [2.75, 3.05) is 5.32 Å². The maximum atomic E-state index is 11.7. The lowest BCUT2D eigenvalue weighted by Crippen LogP contribution is -2.31. The van der Waals surface area contributed by atoms with Crippen LogP contribution in [0.1, 0.15) is 36.0 Å². The molecule has 1 atom stereocenters. The molecule has 2 aromatic carbocycles. The van der Waals surface area contributed by atoms with Crippen LogP contribution < -0.4 is 11.1 Å². The lowest BCUT2D eigenvalue weighted by atomic mass is 10.1. The second-order valence-corrected chi connectivity index (χ2v) is 5.83. The van der Waals surface area contributed by atoms with Crippen LogP contribution in [0.25, 0.3) is 0 Å². The van der Waals surface area contributed by atoms with Crippen LogP contribution in [0.4, 0.5) is 11.4 Å². The van der Waals surface area contributed by atoms with Gasteiger partial charge in [-0.05, 0) is 54.7 Å². The third kappa shape index (κ3) is 2.77. The van der Waals surface area contributed by atoms with Crippen molar-refractivity contribution in [2.24, 2.45) is 10.7 Å². The molecule has 1 saturated carbocycles. The topological polar surface area (TPSA) is 76.7 Å². The van der Waals surface area contributed by atoms with E-state index in [1.54, 1.807) is 18.2 Å². The van der Waals surface area contributed by atoms with Crippen LogP contribution in [0.15, 0.2) is 47.5 Å². The molecule has 1 unspecified atom stereocenters. The molecular weight excluding hydrogens is 290 g/mol. The van der Waals surface area contributed by atoms with Crippen LogP contribution in [-0.4, -0.2) is 11.9 Å². The number of nitrogens with two attached hydrogens (primary N) is 1. The van der Waals surface area contributed by atoms with Gasteiger partial charge in [0.15, 0.2) is 0 Å². The highest BCUT2D eigenvalue weighted by atomic mass is 16.5. The van der Waals surface area contributed by atoms with E-state index in [2.05, 4.69) is 28.5 Å². The molecule has 115 valence electrons. The van der Waals surface area contributed by atoms with Gasteiger partial charge in [0.2, 0.25) is 6.10 Å². The first-order chi connectivity index (χ1) is 11.2. The molecule has 5 heteroatoms. The third-order valence-corrected chi connectivity index (χ3v) is 4.05. The summed E-state index contributed by atoms with van der Waals surface area (Å²) < 4.78 is 5.64. The number of amides is 1. The highest BCUT2D eigenvalue weighted by molar-refractivity contribution is 5.96. The van der Waals surface area contributed by atoms with Gasteiger partial charge in [0.05, 0.1) is 5.69 Å². The number of hydrogen-bond acceptors (Lipinski definition) is 4. The maximum absolute atomic E-state index is 11.7. The average molecular weight is 306 g/mol. The van der Waals surface area contributed by atoms with Crippen molar-refractivity contribution in [1.29, 1.82) is 0 Å². The fourth-order valence-corrected chi connectivity index (χ4v) is 2.74. The predicted molar refractivity (Wildman–Crippen MR) is 87.4 cm³/mol. The predicted octanol–water partition coefficient (Wildman–Crippen LogP) is 3.02. The van der Waals surface area contributed by atoms with Crippen molar-refractivity contribution < 1.29 is 9.53 Å². The van der Waals surface area contributed by atoms with Gasteiger partial charge in [-0.2, -0.15) is 4.99 Å². The number of carbonyl (C=O) groups is 1. The fourth-order valence-electron chi connectivity index (χ4n) is 2.74. The summed E-state index contributed by atoms with van der Waals surface area (Å²) in [5, 5.41) is 3.14. The first-order valence-corrected chi connectivity index (χ1v) is 7.62. The number of hydrogen-bond donors (Lipinski definition) is 2. The van der Waals surface area contributed by atoms with Crippen molar-refractivity contribution in [1.82, 2.24) is 0 Å². The van der Waals surface area contributed by atoms with Crippen LogP contribution in [0, 0.1) is 6.07 Å². The van der Waals surface area contributed by atoms with E-state index in [-0.39, 0.29) is 6.02 Å². The molecule has 1 aliphatic carbocycles. The van der Waals surface area contributed by atoms with Crippen molar-refractivity contribution in [3.05, 3.63) is 59.7 Å². The number of benzene rings is 2. The molecule has 0 spiro atoms. The Balaban J connectivity index is 1.63. The van der Waals surface area contributed by atoms with E-state index in [1.165, 1.54) is 18.4 Å². The zero-order valence-corrected chi connectivity index (χ0v) is 12.5. The van der Waals surface area contributed by atoms with Crippen LogP contribution in [0.3, 0.4) is 0 Å². The first-order valence-electron chi connectivity index (χ1n) is 7.62.